The van der Waals surface area contributed by atoms with Gasteiger partial charge in [-0.3, -0.25) is 4.79 Å². The van der Waals surface area contributed by atoms with Crippen LogP contribution in [-0.2, 0) is 9.53 Å². The fourth-order valence-corrected chi connectivity index (χ4v) is 2.84. The van der Waals surface area contributed by atoms with Crippen LogP contribution in [0.1, 0.15) is 39.0 Å². The van der Waals surface area contributed by atoms with Crippen LogP contribution >= 0.6 is 0 Å². The lowest BCUT2D eigenvalue weighted by Crippen LogP contribution is -2.45. The lowest BCUT2D eigenvalue weighted by molar-refractivity contribution is -0.137. The molecule has 0 aromatic heterocycles. The molecule has 6 heteroatoms. The summed E-state index contributed by atoms with van der Waals surface area (Å²) in [6.45, 7) is 3.95. The summed E-state index contributed by atoms with van der Waals surface area (Å²) in [6, 6.07) is -0.224. The molecule has 1 saturated carbocycles. The molecule has 3 N–H and O–H groups in total. The molecule has 0 aromatic rings. The summed E-state index contributed by atoms with van der Waals surface area (Å²) in [5.74, 6) is -0.168. The first-order chi connectivity index (χ1) is 9.51. The molecule has 0 spiro atoms. The van der Waals surface area contributed by atoms with E-state index < -0.39 is 5.97 Å². The van der Waals surface area contributed by atoms with Crippen molar-refractivity contribution in [3.8, 4) is 0 Å². The molecule has 1 aliphatic carbocycles. The van der Waals surface area contributed by atoms with Crippen molar-refractivity contribution in [1.82, 2.24) is 10.6 Å². The van der Waals surface area contributed by atoms with Gasteiger partial charge in [-0.2, -0.15) is 0 Å². The Morgan fingerprint density at radius 3 is 2.75 bits per heavy atom. The van der Waals surface area contributed by atoms with Crippen molar-refractivity contribution in [1.29, 1.82) is 0 Å². The fraction of sp³-hybridized carbons (Fsp3) is 0.857. The number of nitrogens with one attached hydrogen (secondary N) is 2. The Labute approximate surface area is 119 Å². The average molecular weight is 284 g/mol. The summed E-state index contributed by atoms with van der Waals surface area (Å²) >= 11 is 0. The number of hydrogen-bond acceptors (Lipinski definition) is 3. The predicted octanol–water partition coefficient (Wildman–Crippen LogP) is 1.36. The normalized spacial score (nSPS) is 29.1. The molecular weight excluding hydrogens is 260 g/mol. The third-order valence-electron chi connectivity index (χ3n) is 4.21. The zero-order chi connectivity index (χ0) is 14.6. The van der Waals surface area contributed by atoms with Gasteiger partial charge in [0.05, 0.1) is 6.10 Å². The third kappa shape index (κ3) is 4.10. The Hall–Kier alpha value is -1.30. The van der Waals surface area contributed by atoms with E-state index in [0.29, 0.717) is 25.4 Å². The number of hydrogen-bond donors (Lipinski definition) is 3. The topological polar surface area (TPSA) is 87.7 Å². The molecule has 20 heavy (non-hydrogen) atoms. The van der Waals surface area contributed by atoms with E-state index >= 15 is 0 Å². The molecule has 114 valence electrons. The average Bonchev–Trinajstić information content (AvgIpc) is 3.16. The first kappa shape index (κ1) is 15.1. The molecular formula is C14H24N2O4. The van der Waals surface area contributed by atoms with Gasteiger partial charge in [-0.1, -0.05) is 6.92 Å². The maximum atomic E-state index is 11.7. The molecule has 2 amide bonds. The Kier molecular flexibility index (Phi) is 4.86. The smallest absolute Gasteiger partial charge is 0.314 e. The number of rotatable bonds is 7. The van der Waals surface area contributed by atoms with Gasteiger partial charge in [-0.15, -0.1) is 0 Å². The van der Waals surface area contributed by atoms with E-state index in [2.05, 4.69) is 17.6 Å². The number of carboxylic acids is 1. The van der Waals surface area contributed by atoms with Crippen molar-refractivity contribution in [2.24, 2.45) is 11.3 Å². The monoisotopic (exact) mass is 284 g/mol. The zero-order valence-electron chi connectivity index (χ0n) is 12.0. The Balaban J connectivity index is 1.66. The Bertz CT molecular complexity index is 370. The predicted molar refractivity (Wildman–Crippen MR) is 73.5 cm³/mol. The maximum absolute atomic E-state index is 11.7. The van der Waals surface area contributed by atoms with E-state index in [4.69, 9.17) is 9.84 Å². The van der Waals surface area contributed by atoms with Gasteiger partial charge in [-0.25, -0.2) is 4.79 Å². The van der Waals surface area contributed by atoms with Crippen LogP contribution in [0.25, 0.3) is 0 Å². The SMILES string of the molecule is CC1(CNC(=O)NCCCC(=O)O)CCOC1C1CC1. The van der Waals surface area contributed by atoms with Crippen molar-refractivity contribution < 1.29 is 19.4 Å². The van der Waals surface area contributed by atoms with E-state index in [1.54, 1.807) is 0 Å². The van der Waals surface area contributed by atoms with E-state index in [-0.39, 0.29) is 24.0 Å². The number of carbonyl (C=O) groups excluding carboxylic acids is 1. The van der Waals surface area contributed by atoms with Crippen LogP contribution in [0.3, 0.4) is 0 Å². The largest absolute Gasteiger partial charge is 0.481 e. The molecule has 0 aromatic carbocycles. The van der Waals surface area contributed by atoms with E-state index in [0.717, 1.165) is 13.0 Å². The van der Waals surface area contributed by atoms with Crippen molar-refractivity contribution in [2.45, 2.75) is 45.1 Å². The van der Waals surface area contributed by atoms with Gasteiger partial charge in [0.15, 0.2) is 0 Å². The van der Waals surface area contributed by atoms with Crippen molar-refractivity contribution in [3.63, 3.8) is 0 Å². The molecule has 1 aliphatic heterocycles. The van der Waals surface area contributed by atoms with Crippen LogP contribution < -0.4 is 10.6 Å². The quantitative estimate of drug-likeness (QED) is 0.616. The summed E-state index contributed by atoms with van der Waals surface area (Å²) in [6.07, 6.45) is 4.26. The lowest BCUT2D eigenvalue weighted by Gasteiger charge is -2.30. The van der Waals surface area contributed by atoms with Crippen LogP contribution in [-0.4, -0.2) is 42.9 Å². The van der Waals surface area contributed by atoms with Crippen LogP contribution in [0.15, 0.2) is 0 Å². The van der Waals surface area contributed by atoms with E-state index in [9.17, 15) is 9.59 Å². The van der Waals surface area contributed by atoms with Crippen LogP contribution in [0.2, 0.25) is 0 Å². The number of aliphatic carboxylic acids is 1. The van der Waals surface area contributed by atoms with Crippen LogP contribution in [0.5, 0.6) is 0 Å². The molecule has 2 rings (SSSR count). The number of carboxylic acid groups (broad SMARTS) is 1. The molecule has 1 saturated heterocycles. The third-order valence-corrected chi connectivity index (χ3v) is 4.21. The van der Waals surface area contributed by atoms with Gasteiger partial charge in [-0.05, 0) is 31.6 Å². The first-order valence-corrected chi connectivity index (χ1v) is 7.36. The lowest BCUT2D eigenvalue weighted by atomic mass is 9.81. The second-order valence-corrected chi connectivity index (χ2v) is 6.14. The van der Waals surface area contributed by atoms with Crippen molar-refractivity contribution >= 4 is 12.0 Å². The van der Waals surface area contributed by atoms with E-state index in [1.165, 1.54) is 12.8 Å². The summed E-state index contributed by atoms with van der Waals surface area (Å²) in [7, 11) is 0. The second kappa shape index (κ2) is 6.43. The van der Waals surface area contributed by atoms with Gasteiger partial charge in [0.1, 0.15) is 0 Å². The molecule has 2 aliphatic rings. The minimum Gasteiger partial charge on any atom is -0.481 e. The molecule has 0 bridgehead atoms. The highest BCUT2D eigenvalue weighted by Crippen LogP contribution is 2.47. The number of carbonyl (C=O) groups is 2. The van der Waals surface area contributed by atoms with Crippen LogP contribution in [0.4, 0.5) is 4.79 Å². The summed E-state index contributed by atoms with van der Waals surface area (Å²) in [5, 5.41) is 14.1. The van der Waals surface area contributed by atoms with Gasteiger partial charge in [0.2, 0.25) is 0 Å². The highest BCUT2D eigenvalue weighted by molar-refractivity contribution is 5.74. The molecule has 2 fully saturated rings. The summed E-state index contributed by atoms with van der Waals surface area (Å²) in [4.78, 5) is 22.0. The van der Waals surface area contributed by atoms with Gasteiger partial charge >= 0.3 is 12.0 Å². The second-order valence-electron chi connectivity index (χ2n) is 6.14. The minimum absolute atomic E-state index is 0.0274. The standard InChI is InChI=1S/C14H24N2O4/c1-14(6-8-20-12(14)10-4-5-10)9-16-13(19)15-7-2-3-11(17)18/h10,12H,2-9H2,1H3,(H,17,18)(H2,15,16,19). The summed E-state index contributed by atoms with van der Waals surface area (Å²) in [5.41, 5.74) is 0.0274. The maximum Gasteiger partial charge on any atom is 0.314 e. The first-order valence-electron chi connectivity index (χ1n) is 7.36. The molecule has 1 heterocycles. The van der Waals surface area contributed by atoms with Crippen LogP contribution in [0, 0.1) is 11.3 Å². The minimum atomic E-state index is -0.838. The number of urea groups is 1. The summed E-state index contributed by atoms with van der Waals surface area (Å²) < 4.78 is 5.81. The Morgan fingerprint density at radius 2 is 2.10 bits per heavy atom. The molecule has 0 radical (unpaired) electrons. The highest BCUT2D eigenvalue weighted by Gasteiger charge is 2.48. The number of amides is 2. The van der Waals surface area contributed by atoms with Gasteiger partial charge in [0, 0.05) is 31.5 Å². The number of ether oxygens (including phenoxy) is 1. The van der Waals surface area contributed by atoms with Crippen molar-refractivity contribution in [2.75, 3.05) is 19.7 Å². The molecule has 6 nitrogen and oxygen atoms in total. The zero-order valence-corrected chi connectivity index (χ0v) is 12.0. The fourth-order valence-electron chi connectivity index (χ4n) is 2.84. The van der Waals surface area contributed by atoms with Gasteiger partial charge < -0.3 is 20.5 Å². The van der Waals surface area contributed by atoms with Gasteiger partial charge in [0.25, 0.3) is 0 Å². The Morgan fingerprint density at radius 1 is 1.35 bits per heavy atom. The van der Waals surface area contributed by atoms with E-state index in [1.807, 2.05) is 0 Å². The molecule has 2 atom stereocenters. The van der Waals surface area contributed by atoms with Crippen molar-refractivity contribution in [3.05, 3.63) is 0 Å². The molecule has 2 unspecified atom stereocenters. The highest BCUT2D eigenvalue weighted by atomic mass is 16.5.